The smallest absolute Gasteiger partial charge is 0.337 e. The Labute approximate surface area is 186 Å². The van der Waals surface area contributed by atoms with Gasteiger partial charge in [-0.2, -0.15) is 0 Å². The normalized spacial score (nSPS) is 10.1. The molecule has 7 heteroatoms. The Kier molecular flexibility index (Phi) is 7.73. The molecule has 0 aliphatic rings. The average Bonchev–Trinajstić information content (AvgIpc) is 2.79. The molecular formula is C24H22N2O4S. The summed E-state index contributed by atoms with van der Waals surface area (Å²) in [4.78, 5) is 24.1. The number of thiocarbonyl (C=S) groups is 1. The predicted molar refractivity (Wildman–Crippen MR) is 124 cm³/mol. The fourth-order valence-corrected chi connectivity index (χ4v) is 3.05. The Morgan fingerprint density at radius 2 is 1.65 bits per heavy atom. The number of methoxy groups -OCH3 is 1. The number of anilines is 1. The van der Waals surface area contributed by atoms with Gasteiger partial charge in [-0.3, -0.25) is 10.1 Å². The van der Waals surface area contributed by atoms with E-state index in [9.17, 15) is 9.59 Å². The van der Waals surface area contributed by atoms with Crippen LogP contribution in [0.2, 0.25) is 0 Å². The number of benzene rings is 3. The van der Waals surface area contributed by atoms with Gasteiger partial charge in [0, 0.05) is 23.7 Å². The molecule has 3 rings (SSSR count). The molecule has 2 N–H and O–H groups in total. The van der Waals surface area contributed by atoms with Crippen molar-refractivity contribution in [1.82, 2.24) is 5.32 Å². The Bertz CT molecular complexity index is 1070. The van der Waals surface area contributed by atoms with Gasteiger partial charge in [-0.15, -0.1) is 0 Å². The van der Waals surface area contributed by atoms with E-state index in [1.807, 2.05) is 36.4 Å². The van der Waals surface area contributed by atoms with Gasteiger partial charge in [0.1, 0.15) is 5.75 Å². The number of ether oxygens (including phenoxy) is 2. The van der Waals surface area contributed by atoms with Gasteiger partial charge in [-0.25, -0.2) is 4.79 Å². The quantitative estimate of drug-likeness (QED) is 0.428. The zero-order chi connectivity index (χ0) is 22.1. The van der Waals surface area contributed by atoms with E-state index in [-0.39, 0.29) is 10.7 Å². The van der Waals surface area contributed by atoms with Crippen LogP contribution in [0.15, 0.2) is 78.9 Å². The third kappa shape index (κ3) is 6.65. The molecule has 0 saturated heterocycles. The molecule has 0 spiro atoms. The van der Waals surface area contributed by atoms with Crippen LogP contribution < -0.4 is 15.4 Å². The molecule has 0 atom stereocenters. The molecule has 6 nitrogen and oxygen atoms in total. The zero-order valence-electron chi connectivity index (χ0n) is 17.0. The van der Waals surface area contributed by atoms with E-state index in [1.54, 1.807) is 24.3 Å². The number of hydrogen-bond acceptors (Lipinski definition) is 5. The molecule has 0 heterocycles. The summed E-state index contributed by atoms with van der Waals surface area (Å²) in [6, 6.07) is 23.6. The predicted octanol–water partition coefficient (Wildman–Crippen LogP) is 4.22. The molecule has 0 fully saturated rings. The Hall–Kier alpha value is -3.71. The van der Waals surface area contributed by atoms with Crippen LogP contribution in [0.1, 0.15) is 26.3 Å². The van der Waals surface area contributed by atoms with Gasteiger partial charge in [0.2, 0.25) is 0 Å². The van der Waals surface area contributed by atoms with E-state index in [0.29, 0.717) is 23.6 Å². The SMILES string of the molecule is COC(=O)c1cccc(C(=O)NC(=S)Nc2cccc(OCCc3ccccc3)c2)c1. The van der Waals surface area contributed by atoms with Crippen molar-refractivity contribution in [2.24, 2.45) is 0 Å². The first-order valence-electron chi connectivity index (χ1n) is 9.62. The van der Waals surface area contributed by atoms with Crippen LogP contribution in [-0.4, -0.2) is 30.7 Å². The van der Waals surface area contributed by atoms with Crippen LogP contribution in [0.25, 0.3) is 0 Å². The molecule has 1 amide bonds. The summed E-state index contributed by atoms with van der Waals surface area (Å²) in [6.45, 7) is 0.547. The highest BCUT2D eigenvalue weighted by atomic mass is 32.1. The van der Waals surface area contributed by atoms with Gasteiger partial charge in [0.15, 0.2) is 5.11 Å². The first-order chi connectivity index (χ1) is 15.0. The standard InChI is InChI=1S/C24H22N2O4S/c1-29-23(28)19-10-5-9-18(15-19)22(27)26-24(31)25-20-11-6-12-21(16-20)30-14-13-17-7-3-2-4-8-17/h2-12,15-16H,13-14H2,1H3,(H2,25,26,27,31). The van der Waals surface area contributed by atoms with E-state index >= 15 is 0 Å². The third-order valence-corrected chi connectivity index (χ3v) is 4.57. The maximum absolute atomic E-state index is 12.4. The van der Waals surface area contributed by atoms with Crippen molar-refractivity contribution in [3.05, 3.63) is 95.6 Å². The van der Waals surface area contributed by atoms with Crippen molar-refractivity contribution in [1.29, 1.82) is 0 Å². The first kappa shape index (κ1) is 22.0. The fraction of sp³-hybridized carbons (Fsp3) is 0.125. The number of hydrogen-bond donors (Lipinski definition) is 2. The summed E-state index contributed by atoms with van der Waals surface area (Å²) in [5, 5.41) is 5.70. The zero-order valence-corrected chi connectivity index (χ0v) is 17.8. The Morgan fingerprint density at radius 1 is 0.903 bits per heavy atom. The third-order valence-electron chi connectivity index (χ3n) is 4.37. The van der Waals surface area contributed by atoms with Gasteiger partial charge >= 0.3 is 5.97 Å². The highest BCUT2D eigenvalue weighted by Gasteiger charge is 2.12. The number of amides is 1. The molecule has 3 aromatic rings. The molecule has 31 heavy (non-hydrogen) atoms. The van der Waals surface area contributed by atoms with E-state index < -0.39 is 11.9 Å². The summed E-state index contributed by atoms with van der Waals surface area (Å²) in [7, 11) is 1.29. The maximum Gasteiger partial charge on any atom is 0.337 e. The number of rotatable bonds is 7. The molecule has 0 aliphatic carbocycles. The molecule has 0 aliphatic heterocycles. The average molecular weight is 435 g/mol. The van der Waals surface area contributed by atoms with E-state index in [0.717, 1.165) is 6.42 Å². The molecule has 158 valence electrons. The monoisotopic (exact) mass is 434 g/mol. The second kappa shape index (κ2) is 10.9. The Morgan fingerprint density at radius 3 is 2.42 bits per heavy atom. The molecule has 3 aromatic carbocycles. The molecule has 0 radical (unpaired) electrons. The second-order valence-corrected chi connectivity index (χ2v) is 7.00. The van der Waals surface area contributed by atoms with Crippen molar-refractivity contribution in [3.63, 3.8) is 0 Å². The van der Waals surface area contributed by atoms with E-state index in [4.69, 9.17) is 17.0 Å². The molecule has 0 unspecified atom stereocenters. The van der Waals surface area contributed by atoms with Crippen LogP contribution >= 0.6 is 12.2 Å². The van der Waals surface area contributed by atoms with Crippen LogP contribution in [-0.2, 0) is 11.2 Å². The summed E-state index contributed by atoms with van der Waals surface area (Å²) >= 11 is 5.24. The van der Waals surface area contributed by atoms with Crippen LogP contribution in [0, 0.1) is 0 Å². The topological polar surface area (TPSA) is 76.7 Å². The summed E-state index contributed by atoms with van der Waals surface area (Å²) in [5.41, 5.74) is 2.47. The van der Waals surface area contributed by atoms with Crippen molar-refractivity contribution >= 4 is 34.9 Å². The minimum Gasteiger partial charge on any atom is -0.493 e. The maximum atomic E-state index is 12.4. The van der Waals surface area contributed by atoms with E-state index in [1.165, 1.54) is 18.7 Å². The highest BCUT2D eigenvalue weighted by Crippen LogP contribution is 2.18. The second-order valence-electron chi connectivity index (χ2n) is 6.59. The molecular weight excluding hydrogens is 412 g/mol. The van der Waals surface area contributed by atoms with E-state index in [2.05, 4.69) is 27.5 Å². The van der Waals surface area contributed by atoms with Crippen molar-refractivity contribution < 1.29 is 19.1 Å². The van der Waals surface area contributed by atoms with Gasteiger partial charge < -0.3 is 14.8 Å². The van der Waals surface area contributed by atoms with Crippen molar-refractivity contribution in [3.8, 4) is 5.75 Å². The van der Waals surface area contributed by atoms with Gasteiger partial charge in [-0.05, 0) is 48.1 Å². The van der Waals surface area contributed by atoms with Crippen molar-refractivity contribution in [2.45, 2.75) is 6.42 Å². The lowest BCUT2D eigenvalue weighted by Crippen LogP contribution is -2.34. The largest absolute Gasteiger partial charge is 0.493 e. The summed E-state index contributed by atoms with van der Waals surface area (Å²) in [6.07, 6.45) is 0.803. The van der Waals surface area contributed by atoms with Crippen molar-refractivity contribution in [2.75, 3.05) is 19.0 Å². The lowest BCUT2D eigenvalue weighted by atomic mass is 10.1. The van der Waals surface area contributed by atoms with Crippen LogP contribution in [0.3, 0.4) is 0 Å². The Balaban J connectivity index is 1.54. The fourth-order valence-electron chi connectivity index (χ4n) is 2.84. The molecule has 0 saturated carbocycles. The summed E-state index contributed by atoms with van der Waals surface area (Å²) < 4.78 is 10.5. The van der Waals surface area contributed by atoms with Gasteiger partial charge in [0.05, 0.1) is 19.3 Å². The van der Waals surface area contributed by atoms with Gasteiger partial charge in [-0.1, -0.05) is 42.5 Å². The lowest BCUT2D eigenvalue weighted by Gasteiger charge is -2.12. The van der Waals surface area contributed by atoms with Crippen LogP contribution in [0.5, 0.6) is 5.75 Å². The van der Waals surface area contributed by atoms with Gasteiger partial charge in [0.25, 0.3) is 5.91 Å². The number of nitrogens with one attached hydrogen (secondary N) is 2. The molecule has 0 aromatic heterocycles. The number of esters is 1. The first-order valence-corrected chi connectivity index (χ1v) is 10.0. The number of carbonyl (C=O) groups excluding carboxylic acids is 2. The molecule has 0 bridgehead atoms. The van der Waals surface area contributed by atoms with Crippen LogP contribution in [0.4, 0.5) is 5.69 Å². The highest BCUT2D eigenvalue weighted by molar-refractivity contribution is 7.80. The lowest BCUT2D eigenvalue weighted by molar-refractivity contribution is 0.0600. The minimum atomic E-state index is -0.514. The number of carbonyl (C=O) groups is 2. The summed E-state index contributed by atoms with van der Waals surface area (Å²) in [5.74, 6) is -0.251. The minimum absolute atomic E-state index is 0.134.